The summed E-state index contributed by atoms with van der Waals surface area (Å²) < 4.78 is 6.36. The number of rotatable bonds is 4. The van der Waals surface area contributed by atoms with Crippen molar-refractivity contribution in [3.63, 3.8) is 0 Å². The third-order valence-electron chi connectivity index (χ3n) is 7.94. The SMILES string of the molecule is CCc1cccc(CC)c1N1CC(C(=O)N2CCC3(CC2)CC(=O)c2cc(C)ccc2O3)CC1=O. The van der Waals surface area contributed by atoms with Crippen molar-refractivity contribution in [2.75, 3.05) is 24.5 Å². The number of ether oxygens (including phenoxy) is 1. The summed E-state index contributed by atoms with van der Waals surface area (Å²) in [5.74, 6) is 0.517. The van der Waals surface area contributed by atoms with Gasteiger partial charge in [0.25, 0.3) is 0 Å². The van der Waals surface area contributed by atoms with E-state index in [2.05, 4.69) is 26.0 Å². The van der Waals surface area contributed by atoms with E-state index < -0.39 is 5.60 Å². The number of nitrogens with zero attached hydrogens (tertiary/aromatic N) is 2. The highest BCUT2D eigenvalue weighted by atomic mass is 16.5. The van der Waals surface area contributed by atoms with Gasteiger partial charge in [-0.1, -0.05) is 43.7 Å². The summed E-state index contributed by atoms with van der Waals surface area (Å²) >= 11 is 0. The molecule has 2 aromatic rings. The summed E-state index contributed by atoms with van der Waals surface area (Å²) in [7, 11) is 0. The van der Waals surface area contributed by atoms with Crippen molar-refractivity contribution >= 4 is 23.3 Å². The van der Waals surface area contributed by atoms with Crippen LogP contribution in [0.25, 0.3) is 0 Å². The molecule has 1 unspecified atom stereocenters. The minimum absolute atomic E-state index is 0.0283. The average molecular weight is 475 g/mol. The van der Waals surface area contributed by atoms with Crippen LogP contribution in [-0.4, -0.2) is 47.7 Å². The molecule has 2 amide bonds. The molecule has 3 aliphatic rings. The molecule has 0 aliphatic carbocycles. The van der Waals surface area contributed by atoms with Crippen molar-refractivity contribution < 1.29 is 19.1 Å². The number of anilines is 1. The maximum absolute atomic E-state index is 13.4. The van der Waals surface area contributed by atoms with Gasteiger partial charge in [0.15, 0.2) is 5.78 Å². The minimum Gasteiger partial charge on any atom is -0.486 e. The van der Waals surface area contributed by atoms with Gasteiger partial charge in [-0.3, -0.25) is 14.4 Å². The van der Waals surface area contributed by atoms with Crippen LogP contribution in [0, 0.1) is 12.8 Å². The number of hydrogen-bond donors (Lipinski definition) is 0. The molecular formula is C29H34N2O4. The summed E-state index contributed by atoms with van der Waals surface area (Å²) in [6.45, 7) is 7.70. The number of carbonyl (C=O) groups excluding carboxylic acids is 3. The van der Waals surface area contributed by atoms with E-state index >= 15 is 0 Å². The molecule has 2 fully saturated rings. The Labute approximate surface area is 207 Å². The molecular weight excluding hydrogens is 440 g/mol. The van der Waals surface area contributed by atoms with E-state index in [-0.39, 0.29) is 29.9 Å². The quantitative estimate of drug-likeness (QED) is 0.655. The van der Waals surface area contributed by atoms with Gasteiger partial charge in [-0.25, -0.2) is 0 Å². The van der Waals surface area contributed by atoms with Crippen LogP contribution < -0.4 is 9.64 Å². The first-order valence-electron chi connectivity index (χ1n) is 12.9. The fourth-order valence-corrected chi connectivity index (χ4v) is 5.93. The lowest BCUT2D eigenvalue weighted by Gasteiger charge is -2.44. The first kappa shape index (κ1) is 23.6. The van der Waals surface area contributed by atoms with E-state index in [4.69, 9.17) is 4.74 Å². The topological polar surface area (TPSA) is 66.9 Å². The van der Waals surface area contributed by atoms with E-state index in [1.807, 2.05) is 41.0 Å². The number of benzene rings is 2. The normalized spacial score (nSPS) is 21.3. The summed E-state index contributed by atoms with van der Waals surface area (Å²) in [5.41, 5.74) is 4.48. The van der Waals surface area contributed by atoms with Gasteiger partial charge in [0.05, 0.1) is 17.9 Å². The van der Waals surface area contributed by atoms with Crippen LogP contribution in [0.2, 0.25) is 0 Å². The zero-order valence-corrected chi connectivity index (χ0v) is 20.9. The van der Waals surface area contributed by atoms with Crippen molar-refractivity contribution in [3.8, 4) is 5.75 Å². The van der Waals surface area contributed by atoms with Crippen molar-refractivity contribution in [2.45, 2.75) is 64.9 Å². The van der Waals surface area contributed by atoms with Crippen molar-refractivity contribution in [1.82, 2.24) is 4.90 Å². The fourth-order valence-electron chi connectivity index (χ4n) is 5.93. The summed E-state index contributed by atoms with van der Waals surface area (Å²) in [5, 5.41) is 0. The zero-order valence-electron chi connectivity index (χ0n) is 20.9. The molecule has 2 aromatic carbocycles. The molecule has 6 heteroatoms. The van der Waals surface area contributed by atoms with Gasteiger partial charge >= 0.3 is 0 Å². The lowest BCUT2D eigenvalue weighted by atomic mass is 9.82. The second-order valence-corrected chi connectivity index (χ2v) is 10.2. The third kappa shape index (κ3) is 4.24. The number of fused-ring (bicyclic) bond motifs is 1. The molecule has 0 aromatic heterocycles. The predicted octanol–water partition coefficient (Wildman–Crippen LogP) is 4.50. The van der Waals surface area contributed by atoms with Crippen LogP contribution in [0.3, 0.4) is 0 Å². The van der Waals surface area contributed by atoms with Crippen LogP contribution in [0.1, 0.15) is 66.6 Å². The monoisotopic (exact) mass is 474 g/mol. The second kappa shape index (κ2) is 9.14. The number of hydrogen-bond acceptors (Lipinski definition) is 4. The van der Waals surface area contributed by atoms with Crippen LogP contribution in [0.5, 0.6) is 5.75 Å². The van der Waals surface area contributed by atoms with Crippen LogP contribution >= 0.6 is 0 Å². The highest BCUT2D eigenvalue weighted by molar-refractivity contribution is 6.02. The Kier molecular flexibility index (Phi) is 6.16. The van der Waals surface area contributed by atoms with Gasteiger partial charge in [0, 0.05) is 44.6 Å². The van der Waals surface area contributed by atoms with Crippen molar-refractivity contribution in [3.05, 3.63) is 58.7 Å². The highest BCUT2D eigenvalue weighted by Gasteiger charge is 2.45. The molecule has 0 radical (unpaired) electrons. The number of carbonyl (C=O) groups is 3. The summed E-state index contributed by atoms with van der Waals surface area (Å²) in [6.07, 6.45) is 3.56. The number of ketones is 1. The van der Waals surface area contributed by atoms with Gasteiger partial charge < -0.3 is 14.5 Å². The van der Waals surface area contributed by atoms with Gasteiger partial charge in [0.2, 0.25) is 11.8 Å². The lowest BCUT2D eigenvalue weighted by molar-refractivity contribution is -0.139. The van der Waals surface area contributed by atoms with E-state index in [9.17, 15) is 14.4 Å². The predicted molar refractivity (Wildman–Crippen MR) is 135 cm³/mol. The molecule has 184 valence electrons. The van der Waals surface area contributed by atoms with E-state index in [1.54, 1.807) is 0 Å². The maximum Gasteiger partial charge on any atom is 0.228 e. The van der Waals surface area contributed by atoms with Gasteiger partial charge in [-0.2, -0.15) is 0 Å². The second-order valence-electron chi connectivity index (χ2n) is 10.2. The zero-order chi connectivity index (χ0) is 24.7. The van der Waals surface area contributed by atoms with Gasteiger partial charge in [-0.15, -0.1) is 0 Å². The Bertz CT molecular complexity index is 1160. The third-order valence-corrected chi connectivity index (χ3v) is 7.94. The lowest BCUT2D eigenvalue weighted by Crippen LogP contribution is -2.53. The highest BCUT2D eigenvalue weighted by Crippen LogP contribution is 2.40. The summed E-state index contributed by atoms with van der Waals surface area (Å²) in [4.78, 5) is 43.0. The minimum atomic E-state index is -0.538. The number of piperidine rings is 1. The first-order valence-corrected chi connectivity index (χ1v) is 12.9. The number of aryl methyl sites for hydroxylation is 3. The van der Waals surface area contributed by atoms with E-state index in [1.165, 1.54) is 0 Å². The Morgan fingerprint density at radius 3 is 2.40 bits per heavy atom. The van der Waals surface area contributed by atoms with Gasteiger partial charge in [0.1, 0.15) is 11.4 Å². The molecule has 5 rings (SSSR count). The van der Waals surface area contributed by atoms with Crippen LogP contribution in [-0.2, 0) is 22.4 Å². The van der Waals surface area contributed by atoms with E-state index in [0.29, 0.717) is 50.2 Å². The molecule has 0 saturated carbocycles. The molecule has 1 spiro atoms. The molecule has 35 heavy (non-hydrogen) atoms. The smallest absolute Gasteiger partial charge is 0.228 e. The largest absolute Gasteiger partial charge is 0.486 e. The average Bonchev–Trinajstić information content (AvgIpc) is 3.25. The molecule has 3 heterocycles. The molecule has 3 aliphatic heterocycles. The molecule has 6 nitrogen and oxygen atoms in total. The Morgan fingerprint density at radius 1 is 1.06 bits per heavy atom. The Morgan fingerprint density at radius 2 is 1.74 bits per heavy atom. The number of Topliss-reactive ketones (excluding diaryl/α,β-unsaturated/α-hetero) is 1. The van der Waals surface area contributed by atoms with E-state index in [0.717, 1.165) is 35.2 Å². The summed E-state index contributed by atoms with van der Waals surface area (Å²) in [6, 6.07) is 11.9. The molecule has 1 atom stereocenters. The molecule has 0 bridgehead atoms. The Hall–Kier alpha value is -3.15. The van der Waals surface area contributed by atoms with Crippen molar-refractivity contribution in [2.24, 2.45) is 5.92 Å². The van der Waals surface area contributed by atoms with Crippen LogP contribution in [0.15, 0.2) is 36.4 Å². The first-order chi connectivity index (χ1) is 16.8. The standard InChI is InChI=1S/C29H34N2O4/c1-4-20-7-6-8-21(5-2)27(20)31-18-22(16-26(31)33)28(34)30-13-11-29(12-14-30)17-24(32)23-15-19(3)9-10-25(23)35-29/h6-10,15,22H,4-5,11-14,16-18H2,1-3H3. The molecule has 2 saturated heterocycles. The fraction of sp³-hybridized carbons (Fsp3) is 0.483. The van der Waals surface area contributed by atoms with Gasteiger partial charge in [-0.05, 0) is 43.0 Å². The molecule has 0 N–H and O–H groups in total. The Balaban J connectivity index is 1.27. The number of likely N-dealkylation sites (tertiary alicyclic amines) is 1. The number of para-hydroxylation sites is 1. The van der Waals surface area contributed by atoms with Crippen molar-refractivity contribution in [1.29, 1.82) is 0 Å². The number of amides is 2. The van der Waals surface area contributed by atoms with Crippen LogP contribution in [0.4, 0.5) is 5.69 Å². The maximum atomic E-state index is 13.4.